The lowest BCUT2D eigenvalue weighted by molar-refractivity contribution is -0.164. The van der Waals surface area contributed by atoms with Crippen LogP contribution in [0, 0.1) is 17.8 Å². The fraction of sp³-hybridized carbons (Fsp3) is 0.379. The molecule has 3 unspecified atom stereocenters. The van der Waals surface area contributed by atoms with Gasteiger partial charge in [0.05, 0.1) is 23.0 Å². The summed E-state index contributed by atoms with van der Waals surface area (Å²) in [5, 5.41) is 0. The molecule has 0 aliphatic heterocycles. The Bertz CT molecular complexity index is 904. The third-order valence-electron chi connectivity index (χ3n) is 5.50. The monoisotopic (exact) mass is 512 g/mol. The van der Waals surface area contributed by atoms with Crippen LogP contribution in [-0.2, 0) is 28.5 Å². The van der Waals surface area contributed by atoms with E-state index in [1.54, 1.807) is 0 Å². The first-order valence-electron chi connectivity index (χ1n) is 12.0. The van der Waals surface area contributed by atoms with Gasteiger partial charge in [0.1, 0.15) is 26.4 Å². The summed E-state index contributed by atoms with van der Waals surface area (Å²) in [7, 11) is 0. The number of benzene rings is 1. The van der Waals surface area contributed by atoms with Gasteiger partial charge in [-0.05, 0) is 43.0 Å². The molecule has 3 atom stereocenters. The summed E-state index contributed by atoms with van der Waals surface area (Å²) >= 11 is 0. The Balaban J connectivity index is 0.000000371. The zero-order valence-electron chi connectivity index (χ0n) is 21.4. The molecule has 0 spiro atoms. The Labute approximate surface area is 218 Å². The largest absolute Gasteiger partial charge is 0.461 e. The summed E-state index contributed by atoms with van der Waals surface area (Å²) in [6.07, 6.45) is 8.55. The van der Waals surface area contributed by atoms with Crippen LogP contribution in [0.2, 0.25) is 0 Å². The molecule has 1 aromatic rings. The molecular weight excluding hydrogens is 476 g/mol. The van der Waals surface area contributed by atoms with E-state index in [1.807, 2.05) is 6.92 Å². The normalized spacial score (nSPS) is 18.0. The van der Waals surface area contributed by atoms with Gasteiger partial charge >= 0.3 is 23.9 Å². The second-order valence-electron chi connectivity index (χ2n) is 8.23. The Morgan fingerprint density at radius 2 is 1.11 bits per heavy atom. The highest BCUT2D eigenvalue weighted by Gasteiger charge is 2.41. The van der Waals surface area contributed by atoms with Gasteiger partial charge in [-0.3, -0.25) is 9.59 Å². The Morgan fingerprint density at radius 3 is 1.54 bits per heavy atom. The predicted octanol–water partition coefficient (Wildman–Crippen LogP) is 4.87. The van der Waals surface area contributed by atoms with Crippen molar-refractivity contribution in [2.75, 3.05) is 26.4 Å². The second-order valence-corrected chi connectivity index (χ2v) is 8.23. The fourth-order valence-electron chi connectivity index (χ4n) is 3.74. The summed E-state index contributed by atoms with van der Waals surface area (Å²) in [6, 6.07) is 6.04. The smallest absolute Gasteiger partial charge is 0.338 e. The number of hydrogen-bond acceptors (Lipinski definition) is 8. The van der Waals surface area contributed by atoms with Gasteiger partial charge in [0.2, 0.25) is 0 Å². The zero-order valence-corrected chi connectivity index (χ0v) is 21.4. The highest BCUT2D eigenvalue weighted by atomic mass is 16.5. The Morgan fingerprint density at radius 1 is 0.703 bits per heavy atom. The number of carbonyl (C=O) groups is 4. The Hall–Kier alpha value is -3.94. The van der Waals surface area contributed by atoms with Crippen LogP contribution in [0.5, 0.6) is 0 Å². The van der Waals surface area contributed by atoms with Crippen molar-refractivity contribution in [3.05, 3.63) is 86.0 Å². The van der Waals surface area contributed by atoms with Crippen molar-refractivity contribution in [1.82, 2.24) is 0 Å². The maximum atomic E-state index is 12.1. The zero-order chi connectivity index (χ0) is 27.6. The summed E-state index contributed by atoms with van der Waals surface area (Å²) in [4.78, 5) is 47.0. The third-order valence-corrected chi connectivity index (χ3v) is 5.50. The topological polar surface area (TPSA) is 105 Å². The van der Waals surface area contributed by atoms with Crippen LogP contribution in [0.1, 0.15) is 46.9 Å². The molecule has 1 aliphatic carbocycles. The van der Waals surface area contributed by atoms with Crippen LogP contribution in [0.25, 0.3) is 0 Å². The van der Waals surface area contributed by atoms with Gasteiger partial charge in [0, 0.05) is 0 Å². The molecule has 0 amide bonds. The molecule has 0 N–H and O–H groups in total. The molecule has 0 bridgehead atoms. The maximum Gasteiger partial charge on any atom is 0.338 e. The van der Waals surface area contributed by atoms with Crippen LogP contribution in [0.3, 0.4) is 0 Å². The molecule has 1 saturated carbocycles. The van der Waals surface area contributed by atoms with Gasteiger partial charge in [0.15, 0.2) is 0 Å². The van der Waals surface area contributed by atoms with Crippen LogP contribution in [0.4, 0.5) is 0 Å². The lowest BCUT2D eigenvalue weighted by Gasteiger charge is -2.33. The third kappa shape index (κ3) is 10.7. The van der Waals surface area contributed by atoms with Crippen LogP contribution < -0.4 is 0 Å². The van der Waals surface area contributed by atoms with E-state index in [0.29, 0.717) is 17.5 Å². The summed E-state index contributed by atoms with van der Waals surface area (Å²) in [6.45, 7) is 16.6. The first kappa shape index (κ1) is 31.1. The quantitative estimate of drug-likeness (QED) is 0.222. The molecule has 37 heavy (non-hydrogen) atoms. The molecule has 1 aliphatic rings. The number of carbonyl (C=O) groups excluding carboxylic acids is 4. The van der Waals surface area contributed by atoms with E-state index >= 15 is 0 Å². The van der Waals surface area contributed by atoms with Gasteiger partial charge in [-0.1, -0.05) is 64.0 Å². The van der Waals surface area contributed by atoms with Crippen molar-refractivity contribution < 1.29 is 38.1 Å². The molecule has 0 heterocycles. The summed E-state index contributed by atoms with van der Waals surface area (Å²) in [5.74, 6) is -2.25. The van der Waals surface area contributed by atoms with E-state index in [-0.39, 0.29) is 44.3 Å². The van der Waals surface area contributed by atoms with Crippen molar-refractivity contribution in [3.63, 3.8) is 0 Å². The minimum Gasteiger partial charge on any atom is -0.461 e. The molecular formula is C29H36O8. The van der Waals surface area contributed by atoms with Crippen molar-refractivity contribution in [2.45, 2.75) is 26.2 Å². The van der Waals surface area contributed by atoms with E-state index in [1.165, 1.54) is 48.6 Å². The molecule has 0 saturated heterocycles. The van der Waals surface area contributed by atoms with E-state index in [0.717, 1.165) is 12.8 Å². The number of ether oxygens (including phenoxy) is 4. The average Bonchev–Trinajstić information content (AvgIpc) is 2.92. The fourth-order valence-corrected chi connectivity index (χ4v) is 3.74. The van der Waals surface area contributed by atoms with Crippen molar-refractivity contribution in [2.24, 2.45) is 17.8 Å². The van der Waals surface area contributed by atoms with Gasteiger partial charge in [0.25, 0.3) is 0 Å². The number of rotatable bonds is 12. The number of esters is 4. The van der Waals surface area contributed by atoms with Crippen LogP contribution in [-0.4, -0.2) is 50.3 Å². The summed E-state index contributed by atoms with van der Waals surface area (Å²) < 4.78 is 19.9. The van der Waals surface area contributed by atoms with E-state index in [9.17, 15) is 19.2 Å². The SMILES string of the molecule is C=CCOC(=O)C1CCCC(C)C1C(=O)OCC=C.C=CCOC(=O)c1ccc(C(=O)OCC=C)cc1. The highest BCUT2D eigenvalue weighted by Crippen LogP contribution is 2.36. The first-order valence-corrected chi connectivity index (χ1v) is 12.0. The molecule has 8 nitrogen and oxygen atoms in total. The molecule has 2 rings (SSSR count). The minimum atomic E-state index is -0.457. The molecule has 200 valence electrons. The minimum absolute atomic E-state index is 0.132. The second kappa shape index (κ2) is 17.5. The van der Waals surface area contributed by atoms with E-state index in [2.05, 4.69) is 26.3 Å². The van der Waals surface area contributed by atoms with Gasteiger partial charge in [-0.15, -0.1) is 0 Å². The maximum absolute atomic E-state index is 12.1. The molecule has 1 fully saturated rings. The van der Waals surface area contributed by atoms with Crippen molar-refractivity contribution in [1.29, 1.82) is 0 Å². The lowest BCUT2D eigenvalue weighted by Crippen LogP contribution is -2.39. The highest BCUT2D eigenvalue weighted by molar-refractivity contribution is 5.93. The van der Waals surface area contributed by atoms with Crippen molar-refractivity contribution in [3.8, 4) is 0 Å². The van der Waals surface area contributed by atoms with E-state index in [4.69, 9.17) is 18.9 Å². The van der Waals surface area contributed by atoms with Crippen molar-refractivity contribution >= 4 is 23.9 Å². The van der Waals surface area contributed by atoms with Gasteiger partial charge < -0.3 is 18.9 Å². The molecule has 0 radical (unpaired) electrons. The first-order chi connectivity index (χ1) is 17.8. The molecule has 1 aromatic carbocycles. The van der Waals surface area contributed by atoms with Gasteiger partial charge in [-0.25, -0.2) is 9.59 Å². The predicted molar refractivity (Wildman–Crippen MR) is 140 cm³/mol. The average molecular weight is 513 g/mol. The molecule has 0 aromatic heterocycles. The summed E-state index contributed by atoms with van der Waals surface area (Å²) in [5.41, 5.74) is 0.745. The number of hydrogen-bond donors (Lipinski definition) is 0. The van der Waals surface area contributed by atoms with E-state index < -0.39 is 23.8 Å². The molecule has 8 heteroatoms. The lowest BCUT2D eigenvalue weighted by atomic mass is 9.73. The van der Waals surface area contributed by atoms with Crippen LogP contribution in [0.15, 0.2) is 74.9 Å². The van der Waals surface area contributed by atoms with Crippen LogP contribution >= 0.6 is 0 Å². The van der Waals surface area contributed by atoms with Gasteiger partial charge in [-0.2, -0.15) is 0 Å². The Kier molecular flexibility index (Phi) is 14.7. The standard InChI is InChI=1S/C15H22O4.C14H14O4/c1-4-9-18-14(16)12-8-6-7-11(3)13(12)15(17)19-10-5-2;1-3-9-17-13(15)11-5-7-12(8-6-11)14(16)18-10-4-2/h4-5,11-13H,1-2,6-10H2,3H3;3-8H,1-2,9-10H2.